The summed E-state index contributed by atoms with van der Waals surface area (Å²) < 4.78 is 0. The van der Waals surface area contributed by atoms with Crippen molar-refractivity contribution in [3.05, 3.63) is 12.2 Å². The molecule has 0 aliphatic carbocycles. The quantitative estimate of drug-likeness (QED) is 0.307. The highest BCUT2D eigenvalue weighted by Crippen LogP contribution is 1.86. The van der Waals surface area contributed by atoms with E-state index in [-0.39, 0.29) is 0 Å². The van der Waals surface area contributed by atoms with Crippen LogP contribution in [0, 0.1) is 23.7 Å². The molecular weight excluding hydrogens is 120 g/mol. The smallest absolute Gasteiger partial charge is 0.0133 e. The summed E-state index contributed by atoms with van der Waals surface area (Å²) in [5.41, 5.74) is 0. The van der Waals surface area contributed by atoms with E-state index in [0.29, 0.717) is 0 Å². The van der Waals surface area contributed by atoms with Gasteiger partial charge in [0.2, 0.25) is 0 Å². The van der Waals surface area contributed by atoms with E-state index < -0.39 is 0 Å². The third kappa shape index (κ3) is 6.86. The summed E-state index contributed by atoms with van der Waals surface area (Å²) in [7, 11) is 0. The first-order valence-corrected chi connectivity index (χ1v) is 3.42. The maximum atomic E-state index is 2.95. The van der Waals surface area contributed by atoms with Crippen molar-refractivity contribution in [3.8, 4) is 23.7 Å². The van der Waals surface area contributed by atoms with Crippen LogP contribution in [0.5, 0.6) is 0 Å². The fourth-order valence-corrected chi connectivity index (χ4v) is 0.491. The van der Waals surface area contributed by atoms with E-state index in [1.165, 1.54) is 0 Å². The van der Waals surface area contributed by atoms with Gasteiger partial charge < -0.3 is 0 Å². The summed E-state index contributed by atoms with van der Waals surface area (Å²) in [4.78, 5) is 0. The fraction of sp³-hybridized carbons (Fsp3) is 0.400. The molecule has 0 heteroatoms. The Morgan fingerprint density at radius 1 is 1.30 bits per heavy atom. The van der Waals surface area contributed by atoms with Crippen molar-refractivity contribution in [1.82, 2.24) is 0 Å². The summed E-state index contributed by atoms with van der Waals surface area (Å²) in [5.74, 6) is 11.1. The van der Waals surface area contributed by atoms with Crippen molar-refractivity contribution in [2.75, 3.05) is 0 Å². The zero-order valence-corrected chi connectivity index (χ0v) is 6.57. The molecule has 0 saturated carbocycles. The molecule has 0 fully saturated rings. The molecule has 0 rings (SSSR count). The molecule has 0 amide bonds. The van der Waals surface area contributed by atoms with Gasteiger partial charge in [0.15, 0.2) is 0 Å². The van der Waals surface area contributed by atoms with Crippen molar-refractivity contribution in [1.29, 1.82) is 0 Å². The maximum absolute atomic E-state index is 2.95. The normalized spacial score (nSPS) is 7.80. The third-order valence-electron chi connectivity index (χ3n) is 0.948. The van der Waals surface area contributed by atoms with Crippen LogP contribution in [0.2, 0.25) is 0 Å². The third-order valence-corrected chi connectivity index (χ3v) is 0.948. The van der Waals surface area contributed by atoms with Gasteiger partial charge in [0, 0.05) is 6.42 Å². The average Bonchev–Trinajstić information content (AvgIpc) is 1.97. The van der Waals surface area contributed by atoms with Gasteiger partial charge in [-0.1, -0.05) is 24.0 Å². The molecule has 10 heavy (non-hydrogen) atoms. The molecule has 0 nitrogen and oxygen atoms in total. The first-order valence-electron chi connectivity index (χ1n) is 3.42. The van der Waals surface area contributed by atoms with Gasteiger partial charge in [0.1, 0.15) is 0 Å². The van der Waals surface area contributed by atoms with Crippen molar-refractivity contribution >= 4 is 0 Å². The van der Waals surface area contributed by atoms with Crippen LogP contribution in [0.4, 0.5) is 0 Å². The molecule has 0 radical (unpaired) electrons. The van der Waals surface area contributed by atoms with E-state index in [1.807, 2.05) is 13.0 Å². The molecule has 0 saturated heterocycles. The predicted molar refractivity (Wildman–Crippen MR) is 45.3 cm³/mol. The molecule has 0 aromatic heterocycles. The van der Waals surface area contributed by atoms with E-state index in [1.54, 1.807) is 6.92 Å². The van der Waals surface area contributed by atoms with Crippen LogP contribution >= 0.6 is 0 Å². The Morgan fingerprint density at radius 2 is 2.10 bits per heavy atom. The molecule has 52 valence electrons. The van der Waals surface area contributed by atoms with Crippen molar-refractivity contribution < 1.29 is 0 Å². The van der Waals surface area contributed by atoms with E-state index in [9.17, 15) is 0 Å². The van der Waals surface area contributed by atoms with Crippen molar-refractivity contribution in [3.63, 3.8) is 0 Å². The van der Waals surface area contributed by atoms with Crippen molar-refractivity contribution in [2.24, 2.45) is 0 Å². The second kappa shape index (κ2) is 7.86. The van der Waals surface area contributed by atoms with E-state index in [2.05, 4.69) is 29.8 Å². The predicted octanol–water partition coefficient (Wildman–Crippen LogP) is 2.37. The topological polar surface area (TPSA) is 0 Å². The summed E-state index contributed by atoms with van der Waals surface area (Å²) in [5, 5.41) is 0. The van der Waals surface area contributed by atoms with E-state index in [0.717, 1.165) is 12.8 Å². The van der Waals surface area contributed by atoms with Crippen LogP contribution in [0.3, 0.4) is 0 Å². The number of allylic oxidation sites excluding steroid dienone is 2. The second-order valence-corrected chi connectivity index (χ2v) is 1.78. The summed E-state index contributed by atoms with van der Waals surface area (Å²) >= 11 is 0. The van der Waals surface area contributed by atoms with Crippen LogP contribution < -0.4 is 0 Å². The van der Waals surface area contributed by atoms with Gasteiger partial charge in [-0.3, -0.25) is 0 Å². The molecule has 0 atom stereocenters. The summed E-state index contributed by atoms with van der Waals surface area (Å²) in [6.45, 7) is 3.81. The van der Waals surface area contributed by atoms with Crippen LogP contribution in [-0.2, 0) is 0 Å². The highest BCUT2D eigenvalue weighted by Gasteiger charge is 1.70. The lowest BCUT2D eigenvalue weighted by atomic mass is 10.3. The Morgan fingerprint density at radius 3 is 2.70 bits per heavy atom. The lowest BCUT2D eigenvalue weighted by Gasteiger charge is -1.77. The number of rotatable bonds is 2. The van der Waals surface area contributed by atoms with Gasteiger partial charge in [-0.15, -0.1) is 0 Å². The van der Waals surface area contributed by atoms with Gasteiger partial charge in [-0.2, -0.15) is 0 Å². The second-order valence-electron chi connectivity index (χ2n) is 1.78. The molecule has 0 aromatic carbocycles. The molecule has 0 spiro atoms. The zero-order chi connectivity index (χ0) is 7.66. The Balaban J connectivity index is 3.35. The number of hydrogen-bond acceptors (Lipinski definition) is 0. The SMILES string of the molecule is CC#CC#CCC/C=C\C. The molecule has 0 aliphatic heterocycles. The maximum Gasteiger partial charge on any atom is 0.0133 e. The average molecular weight is 132 g/mol. The Labute approximate surface area is 63.3 Å². The molecule has 0 bridgehead atoms. The van der Waals surface area contributed by atoms with E-state index in [4.69, 9.17) is 0 Å². The Kier molecular flexibility index (Phi) is 6.96. The number of unbranched alkanes of at least 4 members (excludes halogenated alkanes) is 1. The molecular formula is C10H12. The lowest BCUT2D eigenvalue weighted by molar-refractivity contribution is 1.08. The molecule has 0 aliphatic rings. The van der Waals surface area contributed by atoms with Crippen LogP contribution in [0.1, 0.15) is 26.7 Å². The lowest BCUT2D eigenvalue weighted by Crippen LogP contribution is -1.62. The van der Waals surface area contributed by atoms with Crippen LogP contribution in [-0.4, -0.2) is 0 Å². The fourth-order valence-electron chi connectivity index (χ4n) is 0.491. The highest BCUT2D eigenvalue weighted by molar-refractivity contribution is 5.24. The first-order chi connectivity index (χ1) is 4.91. The van der Waals surface area contributed by atoms with Gasteiger partial charge in [0.25, 0.3) is 0 Å². The van der Waals surface area contributed by atoms with E-state index >= 15 is 0 Å². The van der Waals surface area contributed by atoms with Crippen molar-refractivity contribution in [2.45, 2.75) is 26.7 Å². The van der Waals surface area contributed by atoms with Gasteiger partial charge >= 0.3 is 0 Å². The Bertz CT molecular complexity index is 200. The van der Waals surface area contributed by atoms with Crippen LogP contribution in [0.15, 0.2) is 12.2 Å². The van der Waals surface area contributed by atoms with Gasteiger partial charge in [-0.05, 0) is 32.1 Å². The number of hydrogen-bond donors (Lipinski definition) is 0. The summed E-state index contributed by atoms with van der Waals surface area (Å²) in [6, 6.07) is 0. The molecule has 0 aromatic rings. The summed E-state index contributed by atoms with van der Waals surface area (Å²) in [6.07, 6.45) is 6.09. The molecule has 0 N–H and O–H groups in total. The van der Waals surface area contributed by atoms with Crippen LogP contribution in [0.25, 0.3) is 0 Å². The standard InChI is InChI=1S/C10H12/c1-3-5-7-9-10-8-6-4-2/h3,5H,7,9H2,1-2H3/b5-3-. The molecule has 0 heterocycles. The highest BCUT2D eigenvalue weighted by atomic mass is 13.8. The van der Waals surface area contributed by atoms with Gasteiger partial charge in [-0.25, -0.2) is 0 Å². The monoisotopic (exact) mass is 132 g/mol. The minimum absolute atomic E-state index is 0.916. The first kappa shape index (κ1) is 8.86. The van der Waals surface area contributed by atoms with Gasteiger partial charge in [0.05, 0.1) is 0 Å². The minimum Gasteiger partial charge on any atom is -0.0925 e. The minimum atomic E-state index is 0.916. The Hall–Kier alpha value is -1.14. The zero-order valence-electron chi connectivity index (χ0n) is 6.57. The largest absolute Gasteiger partial charge is 0.0925 e. The molecule has 0 unspecified atom stereocenters.